The first-order valence-corrected chi connectivity index (χ1v) is 21.4. The Labute approximate surface area is 364 Å². The third-order valence-corrected chi connectivity index (χ3v) is 12.8. The lowest BCUT2D eigenvalue weighted by Gasteiger charge is -2.18. The monoisotopic (exact) mass is 819 g/mol. The van der Waals surface area contributed by atoms with Crippen molar-refractivity contribution < 1.29 is 8.83 Å². The molecule has 7 nitrogen and oxygen atoms in total. The number of hydrogen-bond acceptors (Lipinski definition) is 5. The summed E-state index contributed by atoms with van der Waals surface area (Å²) in [4.78, 5) is 16.7. The SMILES string of the molecule is c1ccc(-c2nc(-c3c(-n4c5ccccc5c5ccccc54)ccc4oc5ccccc5c34)nc(-c3c(-n4c5ccccc5c5ccccc54)ccc4oc5ccccc5c34)n2)cc1. The van der Waals surface area contributed by atoms with E-state index in [2.05, 4.69) is 167 Å². The molecular formula is C57H33N5O2. The van der Waals surface area contributed by atoms with Gasteiger partial charge in [0.1, 0.15) is 22.3 Å². The summed E-state index contributed by atoms with van der Waals surface area (Å²) in [5, 5.41) is 8.48. The van der Waals surface area contributed by atoms with E-state index in [1.54, 1.807) is 0 Å². The number of para-hydroxylation sites is 6. The molecule has 0 spiro atoms. The molecule has 0 aliphatic heterocycles. The van der Waals surface area contributed by atoms with E-state index in [0.717, 1.165) is 116 Å². The van der Waals surface area contributed by atoms with Crippen molar-refractivity contribution in [1.82, 2.24) is 24.1 Å². The Morgan fingerprint density at radius 2 is 0.625 bits per heavy atom. The third-order valence-electron chi connectivity index (χ3n) is 12.8. The standard InChI is InChI=1S/C57H33N5O2/c1-2-16-34(17-3-1)55-58-56(53-45(30-32-49-51(53)39-22-8-14-28-47(39)63-49)61-41-24-10-4-18-35(41)36-19-5-11-25-42(36)61)60-57(59-55)54-46(31-33-50-52(54)40-23-9-15-29-48(40)64-50)62-43-26-12-6-20-37(43)38-21-7-13-27-44(38)62/h1-33H. The molecule has 0 radical (unpaired) electrons. The molecule has 0 bridgehead atoms. The Morgan fingerprint density at radius 3 is 1.05 bits per heavy atom. The largest absolute Gasteiger partial charge is 0.456 e. The summed E-state index contributed by atoms with van der Waals surface area (Å²) in [7, 11) is 0. The van der Waals surface area contributed by atoms with Crippen molar-refractivity contribution in [2.75, 3.05) is 0 Å². The van der Waals surface area contributed by atoms with E-state index in [-0.39, 0.29) is 0 Å². The van der Waals surface area contributed by atoms with Crippen molar-refractivity contribution in [3.63, 3.8) is 0 Å². The van der Waals surface area contributed by atoms with Crippen LogP contribution in [0, 0.1) is 0 Å². The second kappa shape index (κ2) is 13.3. The smallest absolute Gasteiger partial charge is 0.166 e. The lowest BCUT2D eigenvalue weighted by atomic mass is 10.0. The van der Waals surface area contributed by atoms with Crippen LogP contribution in [0.15, 0.2) is 209 Å². The molecule has 9 aromatic carbocycles. The van der Waals surface area contributed by atoms with Crippen LogP contribution in [0.3, 0.4) is 0 Å². The number of benzene rings is 9. The van der Waals surface area contributed by atoms with E-state index >= 15 is 0 Å². The maximum atomic E-state index is 6.64. The number of fused-ring (bicyclic) bond motifs is 12. The van der Waals surface area contributed by atoms with E-state index in [1.807, 2.05) is 42.5 Å². The van der Waals surface area contributed by atoms with Gasteiger partial charge in [-0.15, -0.1) is 0 Å². The molecule has 0 aliphatic carbocycles. The summed E-state index contributed by atoms with van der Waals surface area (Å²) in [6.07, 6.45) is 0. The number of furan rings is 2. The van der Waals surface area contributed by atoms with Gasteiger partial charge in [-0.1, -0.05) is 140 Å². The Hall–Kier alpha value is -8.81. The van der Waals surface area contributed by atoms with Crippen LogP contribution in [0.25, 0.3) is 133 Å². The topological polar surface area (TPSA) is 74.8 Å². The molecule has 5 aromatic heterocycles. The second-order valence-corrected chi connectivity index (χ2v) is 16.3. The van der Waals surface area contributed by atoms with Gasteiger partial charge in [-0.25, -0.2) is 15.0 Å². The van der Waals surface area contributed by atoms with Crippen molar-refractivity contribution in [2.45, 2.75) is 0 Å². The lowest BCUT2D eigenvalue weighted by molar-refractivity contribution is 0.668. The third kappa shape index (κ3) is 4.94. The molecule has 7 heteroatoms. The average Bonchev–Trinajstić information content (AvgIpc) is 4.11. The molecule has 5 heterocycles. The zero-order chi connectivity index (χ0) is 41.9. The van der Waals surface area contributed by atoms with Crippen molar-refractivity contribution in [2.24, 2.45) is 0 Å². The first-order chi connectivity index (χ1) is 31.8. The average molecular weight is 820 g/mol. The van der Waals surface area contributed by atoms with E-state index < -0.39 is 0 Å². The highest BCUT2D eigenvalue weighted by atomic mass is 16.3. The fraction of sp³-hybridized carbons (Fsp3) is 0. The van der Waals surface area contributed by atoms with Gasteiger partial charge in [0.2, 0.25) is 0 Å². The minimum atomic E-state index is 0.524. The van der Waals surface area contributed by atoms with E-state index in [1.165, 1.54) is 0 Å². The van der Waals surface area contributed by atoms with E-state index in [4.69, 9.17) is 23.8 Å². The van der Waals surface area contributed by atoms with Gasteiger partial charge in [-0.2, -0.15) is 0 Å². The minimum Gasteiger partial charge on any atom is -0.456 e. The summed E-state index contributed by atoms with van der Waals surface area (Å²) >= 11 is 0. The van der Waals surface area contributed by atoms with Crippen molar-refractivity contribution in [1.29, 1.82) is 0 Å². The fourth-order valence-electron chi connectivity index (χ4n) is 10.1. The molecule has 298 valence electrons. The molecule has 64 heavy (non-hydrogen) atoms. The van der Waals surface area contributed by atoms with Gasteiger partial charge in [0.15, 0.2) is 17.5 Å². The summed E-state index contributed by atoms with van der Waals surface area (Å²) in [6.45, 7) is 0. The van der Waals surface area contributed by atoms with Crippen LogP contribution in [0.1, 0.15) is 0 Å². The van der Waals surface area contributed by atoms with Crippen molar-refractivity contribution >= 4 is 87.5 Å². The molecular weight excluding hydrogens is 787 g/mol. The normalized spacial score (nSPS) is 12.1. The van der Waals surface area contributed by atoms with Gasteiger partial charge >= 0.3 is 0 Å². The van der Waals surface area contributed by atoms with E-state index in [9.17, 15) is 0 Å². The Kier molecular flexibility index (Phi) is 7.27. The number of hydrogen-bond donors (Lipinski definition) is 0. The van der Waals surface area contributed by atoms with Crippen LogP contribution in [0.4, 0.5) is 0 Å². The highest BCUT2D eigenvalue weighted by Crippen LogP contribution is 2.46. The molecule has 14 aromatic rings. The quantitative estimate of drug-likeness (QED) is 0.173. The van der Waals surface area contributed by atoms with E-state index in [0.29, 0.717) is 17.5 Å². The molecule has 14 rings (SSSR count). The van der Waals surface area contributed by atoms with Gasteiger partial charge in [-0.05, 0) is 60.7 Å². The highest BCUT2D eigenvalue weighted by Gasteiger charge is 2.27. The number of nitrogens with zero attached hydrogens (tertiary/aromatic N) is 5. The van der Waals surface area contributed by atoms with Crippen LogP contribution >= 0.6 is 0 Å². The van der Waals surface area contributed by atoms with Crippen LogP contribution in [0.2, 0.25) is 0 Å². The van der Waals surface area contributed by atoms with Gasteiger partial charge in [0.25, 0.3) is 0 Å². The maximum Gasteiger partial charge on any atom is 0.166 e. The summed E-state index contributed by atoms with van der Waals surface area (Å²) < 4.78 is 18.0. The van der Waals surface area contributed by atoms with Gasteiger partial charge in [0.05, 0.1) is 44.6 Å². The summed E-state index contributed by atoms with van der Waals surface area (Å²) in [5.74, 6) is 1.60. The van der Waals surface area contributed by atoms with Crippen LogP contribution in [0.5, 0.6) is 0 Å². The molecule has 0 unspecified atom stereocenters. The molecule has 0 amide bonds. The number of aromatic nitrogens is 5. The predicted octanol–water partition coefficient (Wildman–Crippen LogP) is 14.9. The van der Waals surface area contributed by atoms with Gasteiger partial charge < -0.3 is 18.0 Å². The first kappa shape index (κ1) is 34.9. The minimum absolute atomic E-state index is 0.524. The van der Waals surface area contributed by atoms with Crippen LogP contribution in [-0.2, 0) is 0 Å². The Balaban J connectivity index is 1.17. The molecule has 0 atom stereocenters. The highest BCUT2D eigenvalue weighted by molar-refractivity contribution is 6.18. The van der Waals surface area contributed by atoms with Gasteiger partial charge in [-0.3, -0.25) is 0 Å². The van der Waals surface area contributed by atoms with Crippen molar-refractivity contribution in [3.05, 3.63) is 200 Å². The summed E-state index contributed by atoms with van der Waals surface area (Å²) in [6, 6.07) is 69.5. The molecule has 0 fully saturated rings. The van der Waals surface area contributed by atoms with Crippen molar-refractivity contribution in [3.8, 4) is 45.5 Å². The number of rotatable bonds is 5. The lowest BCUT2D eigenvalue weighted by Crippen LogP contribution is -2.06. The van der Waals surface area contributed by atoms with Crippen LogP contribution in [-0.4, -0.2) is 24.1 Å². The molecule has 0 N–H and O–H groups in total. The fourth-order valence-corrected chi connectivity index (χ4v) is 10.1. The summed E-state index contributed by atoms with van der Waals surface area (Å²) in [5.41, 5.74) is 11.8. The first-order valence-electron chi connectivity index (χ1n) is 21.4. The zero-order valence-corrected chi connectivity index (χ0v) is 34.1. The Bertz CT molecular complexity index is 3850. The predicted molar refractivity (Wildman–Crippen MR) is 259 cm³/mol. The Morgan fingerprint density at radius 1 is 0.281 bits per heavy atom. The second-order valence-electron chi connectivity index (χ2n) is 16.3. The molecule has 0 aliphatic rings. The van der Waals surface area contributed by atoms with Crippen LogP contribution < -0.4 is 0 Å². The zero-order valence-electron chi connectivity index (χ0n) is 34.1. The van der Waals surface area contributed by atoms with Gasteiger partial charge in [0, 0.05) is 48.7 Å². The molecule has 0 saturated carbocycles. The molecule has 0 saturated heterocycles. The maximum absolute atomic E-state index is 6.64.